The Hall–Kier alpha value is -2.79. The third-order valence-electron chi connectivity index (χ3n) is 3.78. The number of carbonyl (C=O) groups excluding carboxylic acids is 1. The number of fused-ring (bicyclic) bond motifs is 1. The number of amides is 1. The first-order valence-electron chi connectivity index (χ1n) is 8.26. The average Bonchev–Trinajstić information content (AvgIpc) is 2.98. The molecule has 1 aromatic heterocycles. The highest BCUT2D eigenvalue weighted by molar-refractivity contribution is 5.99. The first-order valence-corrected chi connectivity index (χ1v) is 8.26. The third kappa shape index (κ3) is 4.19. The fraction of sp³-hybridized carbons (Fsp3) is 0.250. The minimum atomic E-state index is -0.218. The average molecular weight is 338 g/mol. The van der Waals surface area contributed by atoms with E-state index in [1.54, 1.807) is 0 Å². The second-order valence-corrected chi connectivity index (χ2v) is 6.06. The lowest BCUT2D eigenvalue weighted by atomic mass is 10.1. The molecule has 3 aromatic rings. The standard InChI is InChI=1S/C20H22N2O3/c1-22(2)14-17-16-10-6-7-11-18(16)25-19(17)20(23)21-12-13-24-15-8-4-3-5-9-15/h3-11H,12-14H2,1-2H3,(H,21,23). The molecular formula is C20H22N2O3. The molecule has 1 amide bonds. The van der Waals surface area contributed by atoms with Gasteiger partial charge >= 0.3 is 0 Å². The molecule has 0 aliphatic heterocycles. The van der Waals surface area contributed by atoms with Crippen LogP contribution >= 0.6 is 0 Å². The number of rotatable bonds is 7. The van der Waals surface area contributed by atoms with Crippen LogP contribution in [-0.2, 0) is 6.54 Å². The summed E-state index contributed by atoms with van der Waals surface area (Å²) in [6.07, 6.45) is 0. The van der Waals surface area contributed by atoms with Crippen molar-refractivity contribution in [3.8, 4) is 5.75 Å². The number of hydrogen-bond donors (Lipinski definition) is 1. The summed E-state index contributed by atoms with van der Waals surface area (Å²) in [6.45, 7) is 1.45. The van der Waals surface area contributed by atoms with Gasteiger partial charge in [-0.1, -0.05) is 36.4 Å². The molecule has 0 spiro atoms. The van der Waals surface area contributed by atoms with Gasteiger partial charge in [0.2, 0.25) is 0 Å². The molecule has 0 bridgehead atoms. The fourth-order valence-corrected chi connectivity index (χ4v) is 2.69. The predicted octanol–water partition coefficient (Wildman–Crippen LogP) is 3.30. The second-order valence-electron chi connectivity index (χ2n) is 6.06. The lowest BCUT2D eigenvalue weighted by Crippen LogP contribution is -2.29. The summed E-state index contributed by atoms with van der Waals surface area (Å²) in [4.78, 5) is 14.6. The largest absolute Gasteiger partial charge is 0.492 e. The Morgan fingerprint density at radius 1 is 1.08 bits per heavy atom. The van der Waals surface area contributed by atoms with E-state index in [4.69, 9.17) is 9.15 Å². The predicted molar refractivity (Wildman–Crippen MR) is 97.9 cm³/mol. The second kappa shape index (κ2) is 7.85. The van der Waals surface area contributed by atoms with E-state index in [1.165, 1.54) is 0 Å². The van der Waals surface area contributed by atoms with Gasteiger partial charge in [0.1, 0.15) is 17.9 Å². The van der Waals surface area contributed by atoms with Gasteiger partial charge in [0, 0.05) is 17.5 Å². The Bertz CT molecular complexity index is 841. The molecule has 5 nitrogen and oxygen atoms in total. The lowest BCUT2D eigenvalue weighted by molar-refractivity contribution is 0.0919. The summed E-state index contributed by atoms with van der Waals surface area (Å²) >= 11 is 0. The van der Waals surface area contributed by atoms with Gasteiger partial charge in [0.15, 0.2) is 5.76 Å². The van der Waals surface area contributed by atoms with Gasteiger partial charge < -0.3 is 19.4 Å². The van der Waals surface area contributed by atoms with Crippen molar-refractivity contribution in [2.75, 3.05) is 27.2 Å². The summed E-state index contributed by atoms with van der Waals surface area (Å²) in [7, 11) is 3.94. The van der Waals surface area contributed by atoms with Crippen molar-refractivity contribution in [3.05, 3.63) is 65.9 Å². The number of nitrogens with zero attached hydrogens (tertiary/aromatic N) is 1. The molecule has 1 N–H and O–H groups in total. The zero-order valence-corrected chi connectivity index (χ0v) is 14.5. The number of carbonyl (C=O) groups is 1. The summed E-state index contributed by atoms with van der Waals surface area (Å²) in [5, 5.41) is 3.84. The van der Waals surface area contributed by atoms with Crippen molar-refractivity contribution >= 4 is 16.9 Å². The lowest BCUT2D eigenvalue weighted by Gasteiger charge is -2.10. The van der Waals surface area contributed by atoms with Gasteiger partial charge in [0.25, 0.3) is 5.91 Å². The molecule has 0 aliphatic rings. The molecule has 0 saturated heterocycles. The van der Waals surface area contributed by atoms with Crippen LogP contribution in [0.15, 0.2) is 59.0 Å². The van der Waals surface area contributed by atoms with Crippen LogP contribution in [0.5, 0.6) is 5.75 Å². The van der Waals surface area contributed by atoms with Gasteiger partial charge in [0.05, 0.1) is 6.54 Å². The van der Waals surface area contributed by atoms with E-state index >= 15 is 0 Å². The van der Waals surface area contributed by atoms with Gasteiger partial charge in [-0.3, -0.25) is 4.79 Å². The minimum Gasteiger partial charge on any atom is -0.492 e. The van der Waals surface area contributed by atoms with E-state index in [0.29, 0.717) is 25.5 Å². The van der Waals surface area contributed by atoms with Gasteiger partial charge in [-0.25, -0.2) is 0 Å². The van der Waals surface area contributed by atoms with Crippen LogP contribution in [0.25, 0.3) is 11.0 Å². The monoisotopic (exact) mass is 338 g/mol. The SMILES string of the molecule is CN(C)Cc1c(C(=O)NCCOc2ccccc2)oc2ccccc12. The van der Waals surface area contributed by atoms with Gasteiger partial charge in [-0.2, -0.15) is 0 Å². The quantitative estimate of drug-likeness (QED) is 0.672. The van der Waals surface area contributed by atoms with E-state index in [0.717, 1.165) is 22.3 Å². The number of hydrogen-bond acceptors (Lipinski definition) is 4. The fourth-order valence-electron chi connectivity index (χ4n) is 2.69. The molecule has 0 atom stereocenters. The summed E-state index contributed by atoms with van der Waals surface area (Å²) in [6, 6.07) is 17.2. The maximum Gasteiger partial charge on any atom is 0.287 e. The summed E-state index contributed by atoms with van der Waals surface area (Å²) in [5.41, 5.74) is 1.63. The minimum absolute atomic E-state index is 0.218. The summed E-state index contributed by atoms with van der Waals surface area (Å²) in [5.74, 6) is 0.938. The Balaban J connectivity index is 1.67. The number of benzene rings is 2. The first-order chi connectivity index (χ1) is 12.1. The highest BCUT2D eigenvalue weighted by Crippen LogP contribution is 2.26. The van der Waals surface area contributed by atoms with Crippen LogP contribution in [0.3, 0.4) is 0 Å². The van der Waals surface area contributed by atoms with Crippen molar-refractivity contribution < 1.29 is 13.9 Å². The van der Waals surface area contributed by atoms with Crippen molar-refractivity contribution in [1.82, 2.24) is 10.2 Å². The Morgan fingerprint density at radius 3 is 2.56 bits per heavy atom. The highest BCUT2D eigenvalue weighted by atomic mass is 16.5. The summed E-state index contributed by atoms with van der Waals surface area (Å²) < 4.78 is 11.4. The van der Waals surface area contributed by atoms with Crippen LogP contribution in [-0.4, -0.2) is 38.1 Å². The van der Waals surface area contributed by atoms with E-state index in [1.807, 2.05) is 73.6 Å². The zero-order chi connectivity index (χ0) is 17.6. The molecule has 0 aliphatic carbocycles. The zero-order valence-electron chi connectivity index (χ0n) is 14.5. The molecular weight excluding hydrogens is 316 g/mol. The molecule has 5 heteroatoms. The van der Waals surface area contributed by atoms with E-state index in [2.05, 4.69) is 5.32 Å². The Labute approximate surface area is 147 Å². The van der Waals surface area contributed by atoms with Crippen LogP contribution in [0, 0.1) is 0 Å². The molecule has 1 heterocycles. The third-order valence-corrected chi connectivity index (χ3v) is 3.78. The molecule has 0 radical (unpaired) electrons. The number of furan rings is 1. The van der Waals surface area contributed by atoms with E-state index in [9.17, 15) is 4.79 Å². The van der Waals surface area contributed by atoms with Crippen molar-refractivity contribution in [2.45, 2.75) is 6.54 Å². The maximum absolute atomic E-state index is 12.5. The van der Waals surface area contributed by atoms with Crippen molar-refractivity contribution in [1.29, 1.82) is 0 Å². The Morgan fingerprint density at radius 2 is 1.80 bits per heavy atom. The number of ether oxygens (including phenoxy) is 1. The highest BCUT2D eigenvalue weighted by Gasteiger charge is 2.20. The smallest absolute Gasteiger partial charge is 0.287 e. The molecule has 3 rings (SSSR count). The molecule has 0 saturated carbocycles. The molecule has 0 unspecified atom stereocenters. The van der Waals surface area contributed by atoms with Crippen molar-refractivity contribution in [2.24, 2.45) is 0 Å². The Kier molecular flexibility index (Phi) is 5.36. The van der Waals surface area contributed by atoms with Crippen LogP contribution < -0.4 is 10.1 Å². The molecule has 0 fully saturated rings. The first kappa shape index (κ1) is 17.0. The number of para-hydroxylation sites is 2. The van der Waals surface area contributed by atoms with Crippen LogP contribution in [0.1, 0.15) is 16.1 Å². The molecule has 2 aromatic carbocycles. The number of nitrogens with one attached hydrogen (secondary N) is 1. The maximum atomic E-state index is 12.5. The van der Waals surface area contributed by atoms with E-state index in [-0.39, 0.29) is 5.91 Å². The van der Waals surface area contributed by atoms with Crippen LogP contribution in [0.2, 0.25) is 0 Å². The van der Waals surface area contributed by atoms with Gasteiger partial charge in [-0.05, 0) is 32.3 Å². The normalized spacial score (nSPS) is 11.0. The van der Waals surface area contributed by atoms with Crippen LogP contribution in [0.4, 0.5) is 0 Å². The molecule has 130 valence electrons. The van der Waals surface area contributed by atoms with Gasteiger partial charge in [-0.15, -0.1) is 0 Å². The van der Waals surface area contributed by atoms with Crippen molar-refractivity contribution in [3.63, 3.8) is 0 Å². The van der Waals surface area contributed by atoms with E-state index < -0.39 is 0 Å². The molecule has 25 heavy (non-hydrogen) atoms. The topological polar surface area (TPSA) is 54.7 Å².